The molecule has 2 amide bonds. The van der Waals surface area contributed by atoms with Crippen molar-refractivity contribution in [2.45, 2.75) is 25.8 Å². The van der Waals surface area contributed by atoms with Crippen LogP contribution in [-0.2, 0) is 16.0 Å². The Morgan fingerprint density at radius 3 is 2.50 bits per heavy atom. The molecule has 0 bridgehead atoms. The molecule has 0 radical (unpaired) electrons. The van der Waals surface area contributed by atoms with Crippen LogP contribution in [0.15, 0.2) is 30.3 Å². The molecule has 0 unspecified atom stereocenters. The maximum Gasteiger partial charge on any atom is 0.269 e. The molecule has 0 saturated carbocycles. The molecule has 3 rings (SSSR count). The fraction of sp³-hybridized carbons (Fsp3) is 0.294. The van der Waals surface area contributed by atoms with Gasteiger partial charge >= 0.3 is 0 Å². The van der Waals surface area contributed by atoms with Crippen LogP contribution in [-0.4, -0.2) is 44.7 Å². The van der Waals surface area contributed by atoms with E-state index in [-0.39, 0.29) is 23.9 Å². The molecule has 2 aromatic rings. The quantitative estimate of drug-likeness (QED) is 0.493. The van der Waals surface area contributed by atoms with Gasteiger partial charge in [-0.1, -0.05) is 6.92 Å². The topological polar surface area (TPSA) is 118 Å². The number of nitro groups is 1. The van der Waals surface area contributed by atoms with Crippen molar-refractivity contribution in [3.05, 3.63) is 46.1 Å². The Morgan fingerprint density at radius 1 is 1.27 bits per heavy atom. The summed E-state index contributed by atoms with van der Waals surface area (Å²) in [4.78, 5) is 44.0. The molecule has 1 atom stereocenters. The van der Waals surface area contributed by atoms with E-state index in [4.69, 9.17) is 0 Å². The molecule has 1 aliphatic rings. The summed E-state index contributed by atoms with van der Waals surface area (Å²) < 4.78 is 0. The third kappa shape index (κ3) is 3.37. The minimum Gasteiger partial charge on any atom is -0.358 e. The number of imide groups is 1. The number of nitrogens with one attached hydrogen (secondary N) is 1. The average Bonchev–Trinajstić information content (AvgIpc) is 2.88. The van der Waals surface area contributed by atoms with Crippen molar-refractivity contribution >= 4 is 23.3 Å². The zero-order chi connectivity index (χ0) is 18.8. The Kier molecular flexibility index (Phi) is 4.61. The van der Waals surface area contributed by atoms with Crippen molar-refractivity contribution in [2.75, 3.05) is 12.4 Å². The molecular formula is C17H17N5O4. The number of anilines is 1. The van der Waals surface area contributed by atoms with Crippen molar-refractivity contribution in [3.63, 3.8) is 0 Å². The minimum absolute atomic E-state index is 0.0168. The number of nitrogens with zero attached hydrogens (tertiary/aromatic N) is 4. The lowest BCUT2D eigenvalue weighted by molar-refractivity contribution is -0.384. The Balaban J connectivity index is 1.90. The second kappa shape index (κ2) is 6.87. The highest BCUT2D eigenvalue weighted by molar-refractivity contribution is 6.06. The van der Waals surface area contributed by atoms with Crippen LogP contribution in [0.1, 0.15) is 19.0 Å². The Morgan fingerprint density at radius 2 is 1.96 bits per heavy atom. The number of benzene rings is 1. The molecule has 0 spiro atoms. The van der Waals surface area contributed by atoms with Crippen LogP contribution in [0.5, 0.6) is 0 Å². The van der Waals surface area contributed by atoms with Crippen LogP contribution in [0.2, 0.25) is 0 Å². The Bertz CT molecular complexity index is 881. The highest BCUT2D eigenvalue weighted by Gasteiger charge is 2.36. The number of non-ortho nitro benzene ring substituents is 1. The highest BCUT2D eigenvalue weighted by atomic mass is 16.6. The largest absolute Gasteiger partial charge is 0.358 e. The van der Waals surface area contributed by atoms with Gasteiger partial charge in [0.15, 0.2) is 5.82 Å². The molecule has 0 aliphatic carbocycles. The van der Waals surface area contributed by atoms with Crippen LogP contribution in [0.3, 0.4) is 0 Å². The predicted octanol–water partition coefficient (Wildman–Crippen LogP) is 1.78. The zero-order valence-electron chi connectivity index (χ0n) is 14.3. The van der Waals surface area contributed by atoms with Crippen LogP contribution >= 0.6 is 0 Å². The van der Waals surface area contributed by atoms with E-state index in [0.29, 0.717) is 23.6 Å². The van der Waals surface area contributed by atoms with Crippen molar-refractivity contribution in [1.82, 2.24) is 14.9 Å². The smallest absolute Gasteiger partial charge is 0.269 e. The molecule has 1 aromatic carbocycles. The van der Waals surface area contributed by atoms with E-state index in [9.17, 15) is 19.7 Å². The fourth-order valence-electron chi connectivity index (χ4n) is 2.66. The molecule has 1 aliphatic heterocycles. The van der Waals surface area contributed by atoms with Gasteiger partial charge in [0.1, 0.15) is 11.9 Å². The van der Waals surface area contributed by atoms with Crippen LogP contribution in [0.4, 0.5) is 11.5 Å². The Labute approximate surface area is 149 Å². The summed E-state index contributed by atoms with van der Waals surface area (Å²) in [5, 5.41) is 13.8. The molecule has 9 heteroatoms. The second-order valence-electron chi connectivity index (χ2n) is 5.92. The lowest BCUT2D eigenvalue weighted by Gasteiger charge is -2.13. The van der Waals surface area contributed by atoms with Gasteiger partial charge in [0.2, 0.25) is 5.91 Å². The number of hydrogen-bond donors (Lipinski definition) is 1. The van der Waals surface area contributed by atoms with E-state index >= 15 is 0 Å². The lowest BCUT2D eigenvalue weighted by atomic mass is 10.2. The number of nitro benzene ring substituents is 1. The first-order valence-corrected chi connectivity index (χ1v) is 8.08. The maximum absolute atomic E-state index is 12.1. The van der Waals surface area contributed by atoms with Gasteiger partial charge in [0.05, 0.1) is 11.3 Å². The first-order valence-electron chi connectivity index (χ1n) is 8.08. The molecule has 1 fully saturated rings. The molecule has 26 heavy (non-hydrogen) atoms. The number of aryl methyl sites for hydroxylation is 1. The van der Waals surface area contributed by atoms with E-state index in [2.05, 4.69) is 15.3 Å². The summed E-state index contributed by atoms with van der Waals surface area (Å²) in [6, 6.07) is 7.00. The summed E-state index contributed by atoms with van der Waals surface area (Å²) in [5.74, 6) is 0.287. The van der Waals surface area contributed by atoms with Crippen molar-refractivity contribution < 1.29 is 14.5 Å². The molecule has 134 valence electrons. The minimum atomic E-state index is -0.656. The monoisotopic (exact) mass is 355 g/mol. The molecule has 9 nitrogen and oxygen atoms in total. The Hall–Kier alpha value is -3.36. The van der Waals surface area contributed by atoms with E-state index in [1.54, 1.807) is 18.2 Å². The van der Waals surface area contributed by atoms with E-state index in [1.165, 1.54) is 19.2 Å². The standard InChI is InChI=1S/C17H17N5O4/c1-3-11-8-14(19-13-9-15(23)21(2)17(13)24)20-16(18-11)10-4-6-12(7-5-10)22(25)26/h4-8,13H,3,9H2,1-2H3,(H,18,19,20)/t13-/m0/s1. The summed E-state index contributed by atoms with van der Waals surface area (Å²) in [5.41, 5.74) is 1.36. The normalized spacial score (nSPS) is 16.8. The zero-order valence-corrected chi connectivity index (χ0v) is 14.3. The molecular weight excluding hydrogens is 338 g/mol. The van der Waals surface area contributed by atoms with E-state index in [1.807, 2.05) is 6.92 Å². The van der Waals surface area contributed by atoms with Crippen molar-refractivity contribution in [3.8, 4) is 11.4 Å². The third-order valence-corrected chi connectivity index (χ3v) is 4.18. The average molecular weight is 355 g/mol. The number of rotatable bonds is 5. The van der Waals surface area contributed by atoms with Gasteiger partial charge in [0.25, 0.3) is 11.6 Å². The summed E-state index contributed by atoms with van der Waals surface area (Å²) in [6.45, 7) is 1.93. The van der Waals surface area contributed by atoms with Gasteiger partial charge in [0, 0.05) is 36.5 Å². The van der Waals surface area contributed by atoms with Crippen molar-refractivity contribution in [1.29, 1.82) is 0 Å². The van der Waals surface area contributed by atoms with Gasteiger partial charge in [-0.3, -0.25) is 24.6 Å². The first-order chi connectivity index (χ1) is 12.4. The summed E-state index contributed by atoms with van der Waals surface area (Å²) in [6.07, 6.45) is 0.724. The summed E-state index contributed by atoms with van der Waals surface area (Å²) in [7, 11) is 1.45. The highest BCUT2D eigenvalue weighted by Crippen LogP contribution is 2.23. The number of hydrogen-bond acceptors (Lipinski definition) is 7. The maximum atomic E-state index is 12.1. The number of amides is 2. The number of carbonyl (C=O) groups excluding carboxylic acids is 2. The molecule has 2 heterocycles. The van der Waals surface area contributed by atoms with Gasteiger partial charge in [-0.2, -0.15) is 0 Å². The fourth-order valence-corrected chi connectivity index (χ4v) is 2.66. The third-order valence-electron chi connectivity index (χ3n) is 4.18. The lowest BCUT2D eigenvalue weighted by Crippen LogP contribution is -2.32. The number of carbonyl (C=O) groups is 2. The van der Waals surface area contributed by atoms with Crippen LogP contribution in [0.25, 0.3) is 11.4 Å². The number of aromatic nitrogens is 2. The first kappa shape index (κ1) is 17.5. The van der Waals surface area contributed by atoms with E-state index in [0.717, 1.165) is 10.6 Å². The van der Waals surface area contributed by atoms with E-state index < -0.39 is 11.0 Å². The van der Waals surface area contributed by atoms with Gasteiger partial charge in [-0.05, 0) is 18.6 Å². The number of likely N-dealkylation sites (tertiary alicyclic amines) is 1. The molecule has 1 N–H and O–H groups in total. The molecule has 1 aromatic heterocycles. The number of likely N-dealkylation sites (N-methyl/N-ethyl adjacent to an activating group) is 1. The van der Waals surface area contributed by atoms with Gasteiger partial charge in [-0.15, -0.1) is 0 Å². The van der Waals surface area contributed by atoms with Crippen LogP contribution < -0.4 is 5.32 Å². The van der Waals surface area contributed by atoms with Crippen molar-refractivity contribution in [2.24, 2.45) is 0 Å². The SMILES string of the molecule is CCc1cc(N[C@H]2CC(=O)N(C)C2=O)nc(-c2ccc([N+](=O)[O-])cc2)n1. The second-order valence-corrected chi connectivity index (χ2v) is 5.92. The van der Waals surface area contributed by atoms with Crippen LogP contribution in [0, 0.1) is 10.1 Å². The molecule has 1 saturated heterocycles. The van der Waals surface area contributed by atoms with Gasteiger partial charge in [-0.25, -0.2) is 9.97 Å². The summed E-state index contributed by atoms with van der Waals surface area (Å²) >= 11 is 0. The predicted molar refractivity (Wildman–Crippen MR) is 93.3 cm³/mol. The van der Waals surface area contributed by atoms with Gasteiger partial charge < -0.3 is 5.32 Å².